The number of carbonyl (C=O) groups is 1. The molecule has 0 amide bonds. The Labute approximate surface area is 90.4 Å². The van der Waals surface area contributed by atoms with Gasteiger partial charge in [0, 0.05) is 12.2 Å². The summed E-state index contributed by atoms with van der Waals surface area (Å²) in [6, 6.07) is 7.40. The van der Waals surface area contributed by atoms with Crippen molar-refractivity contribution >= 4 is 11.7 Å². The second-order valence-corrected chi connectivity index (χ2v) is 3.19. The normalized spacial score (nSPS) is 9.73. The highest BCUT2D eigenvalue weighted by atomic mass is 16.5. The maximum atomic E-state index is 11.6. The summed E-state index contributed by atoms with van der Waals surface area (Å²) in [5, 5.41) is 3.20. The summed E-state index contributed by atoms with van der Waals surface area (Å²) in [5.41, 5.74) is 1.45. The van der Waals surface area contributed by atoms with Gasteiger partial charge in [-0.05, 0) is 25.5 Å². The molecule has 1 aromatic rings. The third-order valence-electron chi connectivity index (χ3n) is 1.99. The number of carbonyl (C=O) groups excluding carboxylic acids is 1. The summed E-state index contributed by atoms with van der Waals surface area (Å²) in [6.07, 6.45) is 1.02. The van der Waals surface area contributed by atoms with Crippen LogP contribution in [0.2, 0.25) is 0 Å². The number of hydrogen-bond acceptors (Lipinski definition) is 3. The average molecular weight is 207 g/mol. The molecule has 1 N–H and O–H groups in total. The van der Waals surface area contributed by atoms with E-state index in [2.05, 4.69) is 12.2 Å². The van der Waals surface area contributed by atoms with E-state index in [9.17, 15) is 4.79 Å². The molecule has 0 aliphatic carbocycles. The van der Waals surface area contributed by atoms with E-state index in [1.807, 2.05) is 18.2 Å². The van der Waals surface area contributed by atoms with Gasteiger partial charge in [-0.1, -0.05) is 19.1 Å². The summed E-state index contributed by atoms with van der Waals surface area (Å²) in [7, 11) is 0. The first-order valence-corrected chi connectivity index (χ1v) is 5.29. The molecule has 3 nitrogen and oxygen atoms in total. The monoisotopic (exact) mass is 207 g/mol. The SMILES string of the molecule is CCCNc1ccccc1C(=O)OCC. The quantitative estimate of drug-likeness (QED) is 0.754. The van der Waals surface area contributed by atoms with Crippen molar-refractivity contribution in [3.63, 3.8) is 0 Å². The highest BCUT2D eigenvalue weighted by Crippen LogP contribution is 2.15. The van der Waals surface area contributed by atoms with E-state index < -0.39 is 0 Å². The Bertz CT molecular complexity index is 323. The fourth-order valence-electron chi connectivity index (χ4n) is 1.28. The molecular weight excluding hydrogens is 190 g/mol. The smallest absolute Gasteiger partial charge is 0.340 e. The number of nitrogens with one attached hydrogen (secondary N) is 1. The van der Waals surface area contributed by atoms with Crippen LogP contribution in [0.15, 0.2) is 24.3 Å². The molecule has 0 heterocycles. The summed E-state index contributed by atoms with van der Waals surface area (Å²) in [5.74, 6) is -0.267. The van der Waals surface area contributed by atoms with Crippen molar-refractivity contribution in [3.05, 3.63) is 29.8 Å². The molecule has 82 valence electrons. The van der Waals surface area contributed by atoms with Crippen LogP contribution in [0.25, 0.3) is 0 Å². The molecule has 0 aliphatic rings. The standard InChI is InChI=1S/C12H17NO2/c1-3-9-13-11-8-6-5-7-10(11)12(14)15-4-2/h5-8,13H,3-4,9H2,1-2H3. The summed E-state index contributed by atoms with van der Waals surface area (Å²) >= 11 is 0. The van der Waals surface area contributed by atoms with Gasteiger partial charge in [-0.25, -0.2) is 4.79 Å². The lowest BCUT2D eigenvalue weighted by molar-refractivity contribution is 0.0527. The third kappa shape index (κ3) is 3.27. The Hall–Kier alpha value is -1.51. The van der Waals surface area contributed by atoms with Crippen molar-refractivity contribution < 1.29 is 9.53 Å². The first-order chi connectivity index (χ1) is 7.29. The fraction of sp³-hybridized carbons (Fsp3) is 0.417. The number of anilines is 1. The van der Waals surface area contributed by atoms with Gasteiger partial charge in [0.15, 0.2) is 0 Å². The van der Waals surface area contributed by atoms with Crippen molar-refractivity contribution in [2.75, 3.05) is 18.5 Å². The molecule has 0 saturated heterocycles. The lowest BCUT2D eigenvalue weighted by Crippen LogP contribution is -2.10. The second kappa shape index (κ2) is 6.06. The molecule has 0 aliphatic heterocycles. The lowest BCUT2D eigenvalue weighted by Gasteiger charge is -2.09. The van der Waals surface area contributed by atoms with E-state index in [1.165, 1.54) is 0 Å². The van der Waals surface area contributed by atoms with E-state index >= 15 is 0 Å². The molecule has 1 aromatic carbocycles. The van der Waals surface area contributed by atoms with Crippen molar-refractivity contribution in [2.24, 2.45) is 0 Å². The van der Waals surface area contributed by atoms with Crippen LogP contribution in [0.4, 0.5) is 5.69 Å². The molecular formula is C12H17NO2. The Balaban J connectivity index is 2.80. The average Bonchev–Trinajstić information content (AvgIpc) is 2.27. The Kier molecular flexibility index (Phi) is 4.68. The van der Waals surface area contributed by atoms with Gasteiger partial charge in [0.05, 0.1) is 12.2 Å². The van der Waals surface area contributed by atoms with Crippen molar-refractivity contribution in [3.8, 4) is 0 Å². The second-order valence-electron chi connectivity index (χ2n) is 3.19. The van der Waals surface area contributed by atoms with E-state index in [4.69, 9.17) is 4.74 Å². The van der Waals surface area contributed by atoms with Gasteiger partial charge in [-0.3, -0.25) is 0 Å². The van der Waals surface area contributed by atoms with E-state index in [1.54, 1.807) is 13.0 Å². The van der Waals surface area contributed by atoms with Gasteiger partial charge in [0.25, 0.3) is 0 Å². The van der Waals surface area contributed by atoms with E-state index in [-0.39, 0.29) is 5.97 Å². The Morgan fingerprint density at radius 3 is 2.73 bits per heavy atom. The molecule has 0 fully saturated rings. The molecule has 3 heteroatoms. The maximum absolute atomic E-state index is 11.6. The molecule has 0 bridgehead atoms. The van der Waals surface area contributed by atoms with Crippen LogP contribution in [0, 0.1) is 0 Å². The first-order valence-electron chi connectivity index (χ1n) is 5.29. The molecule has 0 unspecified atom stereocenters. The maximum Gasteiger partial charge on any atom is 0.340 e. The fourth-order valence-corrected chi connectivity index (χ4v) is 1.28. The molecule has 1 rings (SSSR count). The van der Waals surface area contributed by atoms with Crippen LogP contribution < -0.4 is 5.32 Å². The Morgan fingerprint density at radius 2 is 2.07 bits per heavy atom. The minimum atomic E-state index is -0.267. The number of ether oxygens (including phenoxy) is 1. The minimum absolute atomic E-state index is 0.267. The van der Waals surface area contributed by atoms with Crippen molar-refractivity contribution in [1.29, 1.82) is 0 Å². The number of hydrogen-bond donors (Lipinski definition) is 1. The van der Waals surface area contributed by atoms with Gasteiger partial charge >= 0.3 is 5.97 Å². The van der Waals surface area contributed by atoms with Gasteiger partial charge in [0.1, 0.15) is 0 Å². The van der Waals surface area contributed by atoms with Crippen LogP contribution in [-0.4, -0.2) is 19.1 Å². The van der Waals surface area contributed by atoms with Gasteiger partial charge < -0.3 is 10.1 Å². The molecule has 0 radical (unpaired) electrons. The topological polar surface area (TPSA) is 38.3 Å². The largest absolute Gasteiger partial charge is 0.462 e. The van der Waals surface area contributed by atoms with Crippen LogP contribution >= 0.6 is 0 Å². The minimum Gasteiger partial charge on any atom is -0.462 e. The van der Waals surface area contributed by atoms with Gasteiger partial charge in [0.2, 0.25) is 0 Å². The summed E-state index contributed by atoms with van der Waals surface area (Å²) < 4.78 is 4.97. The zero-order chi connectivity index (χ0) is 11.1. The molecule has 0 saturated carbocycles. The van der Waals surface area contributed by atoms with Crippen LogP contribution in [-0.2, 0) is 4.74 Å². The van der Waals surface area contributed by atoms with Gasteiger partial charge in [-0.15, -0.1) is 0 Å². The summed E-state index contributed by atoms with van der Waals surface area (Å²) in [6.45, 7) is 5.15. The van der Waals surface area contributed by atoms with Crippen molar-refractivity contribution in [1.82, 2.24) is 0 Å². The van der Waals surface area contributed by atoms with Crippen molar-refractivity contribution in [2.45, 2.75) is 20.3 Å². The van der Waals surface area contributed by atoms with Crippen LogP contribution in [0.5, 0.6) is 0 Å². The van der Waals surface area contributed by atoms with Crippen LogP contribution in [0.3, 0.4) is 0 Å². The van der Waals surface area contributed by atoms with Gasteiger partial charge in [-0.2, -0.15) is 0 Å². The molecule has 0 aromatic heterocycles. The lowest BCUT2D eigenvalue weighted by atomic mass is 10.2. The zero-order valence-electron chi connectivity index (χ0n) is 9.25. The summed E-state index contributed by atoms with van der Waals surface area (Å²) in [4.78, 5) is 11.6. The zero-order valence-corrected chi connectivity index (χ0v) is 9.25. The molecule has 15 heavy (non-hydrogen) atoms. The predicted molar refractivity (Wildman–Crippen MR) is 61.2 cm³/mol. The predicted octanol–water partition coefficient (Wildman–Crippen LogP) is 2.69. The van der Waals surface area contributed by atoms with E-state index in [0.29, 0.717) is 12.2 Å². The number of para-hydroxylation sites is 1. The van der Waals surface area contributed by atoms with E-state index in [0.717, 1.165) is 18.7 Å². The highest BCUT2D eigenvalue weighted by molar-refractivity contribution is 5.95. The molecule has 0 atom stereocenters. The Morgan fingerprint density at radius 1 is 1.33 bits per heavy atom. The van der Waals surface area contributed by atoms with Crippen LogP contribution in [0.1, 0.15) is 30.6 Å². The third-order valence-corrected chi connectivity index (χ3v) is 1.99. The number of rotatable bonds is 5. The molecule has 0 spiro atoms. The number of esters is 1. The highest BCUT2D eigenvalue weighted by Gasteiger charge is 2.10. The number of benzene rings is 1. The first kappa shape index (κ1) is 11.6.